The third kappa shape index (κ3) is 5.36. The summed E-state index contributed by atoms with van der Waals surface area (Å²) in [6.07, 6.45) is 8.39. The summed E-state index contributed by atoms with van der Waals surface area (Å²) >= 11 is 3.54. The highest BCUT2D eigenvalue weighted by molar-refractivity contribution is 9.10. The largest absolute Gasteiger partial charge is 0.316 e. The lowest BCUT2D eigenvalue weighted by molar-refractivity contribution is 0.557. The van der Waals surface area contributed by atoms with Crippen LogP contribution >= 0.6 is 15.9 Å². The number of halogens is 1. The van der Waals surface area contributed by atoms with Crippen molar-refractivity contribution < 1.29 is 0 Å². The van der Waals surface area contributed by atoms with Gasteiger partial charge in [0.1, 0.15) is 0 Å². The third-order valence-electron chi connectivity index (χ3n) is 2.58. The summed E-state index contributed by atoms with van der Waals surface area (Å²) < 4.78 is 3.12. The Morgan fingerprint density at radius 1 is 1.50 bits per heavy atom. The Balaban J connectivity index is 2.39. The van der Waals surface area contributed by atoms with E-state index >= 15 is 0 Å². The molecule has 1 rings (SSSR count). The number of hydrogen-bond donors (Lipinski definition) is 1. The lowest BCUT2D eigenvalue weighted by atomic mass is 10.2. The van der Waals surface area contributed by atoms with Crippen LogP contribution in [-0.4, -0.2) is 22.9 Å². The number of nitrogens with zero attached hydrogens (tertiary/aromatic N) is 2. The molecule has 0 bridgehead atoms. The Kier molecular flexibility index (Phi) is 7.28. The predicted octanol–water partition coefficient (Wildman–Crippen LogP) is 3.70. The second kappa shape index (κ2) is 8.48. The van der Waals surface area contributed by atoms with Gasteiger partial charge in [-0.05, 0) is 53.9 Å². The second-order valence-corrected chi connectivity index (χ2v) is 5.74. The van der Waals surface area contributed by atoms with E-state index in [1.165, 1.54) is 5.69 Å². The van der Waals surface area contributed by atoms with Crippen LogP contribution in [0.2, 0.25) is 0 Å². The quantitative estimate of drug-likeness (QED) is 0.742. The smallest absolute Gasteiger partial charge is 0.0749 e. The zero-order valence-corrected chi connectivity index (χ0v) is 13.2. The van der Waals surface area contributed by atoms with Gasteiger partial charge in [0.05, 0.1) is 16.4 Å². The van der Waals surface area contributed by atoms with Crippen LogP contribution in [0.5, 0.6) is 0 Å². The molecule has 0 amide bonds. The van der Waals surface area contributed by atoms with E-state index in [0.717, 1.165) is 36.9 Å². The minimum absolute atomic E-state index is 0.717. The maximum atomic E-state index is 4.35. The Morgan fingerprint density at radius 3 is 2.94 bits per heavy atom. The average Bonchev–Trinajstić information content (AvgIpc) is 2.66. The molecule has 3 nitrogen and oxygen atoms in total. The van der Waals surface area contributed by atoms with Gasteiger partial charge in [0.15, 0.2) is 0 Å². The van der Waals surface area contributed by atoms with Crippen molar-refractivity contribution in [3.63, 3.8) is 0 Å². The van der Waals surface area contributed by atoms with Crippen molar-refractivity contribution in [2.45, 2.75) is 40.2 Å². The van der Waals surface area contributed by atoms with Crippen molar-refractivity contribution in [2.24, 2.45) is 5.92 Å². The first kappa shape index (κ1) is 15.4. The number of nitrogens with one attached hydrogen (secondary N) is 1. The first-order valence-electron chi connectivity index (χ1n) is 6.73. The van der Waals surface area contributed by atoms with Crippen LogP contribution in [0.3, 0.4) is 0 Å². The lowest BCUT2D eigenvalue weighted by Gasteiger charge is -2.05. The summed E-state index contributed by atoms with van der Waals surface area (Å²) in [7, 11) is 0. The molecular formula is C14H24BrN3. The maximum Gasteiger partial charge on any atom is 0.0749 e. The Hall–Kier alpha value is -0.610. The number of aromatic nitrogens is 2. The Bertz CT molecular complexity index is 369. The van der Waals surface area contributed by atoms with Gasteiger partial charge in [-0.15, -0.1) is 0 Å². The molecule has 1 aromatic rings. The first-order chi connectivity index (χ1) is 8.65. The SMILES string of the molecule is CCCn1ncc(Br)c1/C=C/CCNCC(C)C. The number of aryl methyl sites for hydroxylation is 1. The van der Waals surface area contributed by atoms with E-state index in [0.29, 0.717) is 5.92 Å². The molecule has 4 heteroatoms. The molecule has 18 heavy (non-hydrogen) atoms. The van der Waals surface area contributed by atoms with Crippen molar-refractivity contribution in [3.05, 3.63) is 22.4 Å². The van der Waals surface area contributed by atoms with Gasteiger partial charge in [-0.3, -0.25) is 4.68 Å². The van der Waals surface area contributed by atoms with Crippen LogP contribution in [0, 0.1) is 5.92 Å². The maximum absolute atomic E-state index is 4.35. The van der Waals surface area contributed by atoms with Gasteiger partial charge in [0, 0.05) is 6.54 Å². The van der Waals surface area contributed by atoms with Crippen molar-refractivity contribution in [1.82, 2.24) is 15.1 Å². The van der Waals surface area contributed by atoms with Gasteiger partial charge in [-0.1, -0.05) is 26.8 Å². The molecule has 0 aliphatic carbocycles. The molecule has 0 aliphatic rings. The number of hydrogen-bond acceptors (Lipinski definition) is 2. The lowest BCUT2D eigenvalue weighted by Crippen LogP contribution is -2.20. The third-order valence-corrected chi connectivity index (χ3v) is 3.20. The van der Waals surface area contributed by atoms with Crippen LogP contribution in [0.4, 0.5) is 0 Å². The molecule has 0 saturated heterocycles. The predicted molar refractivity (Wildman–Crippen MR) is 81.6 cm³/mol. The Morgan fingerprint density at radius 2 is 2.28 bits per heavy atom. The average molecular weight is 314 g/mol. The summed E-state index contributed by atoms with van der Waals surface area (Å²) in [5.41, 5.74) is 1.17. The monoisotopic (exact) mass is 313 g/mol. The summed E-state index contributed by atoms with van der Waals surface area (Å²) in [6.45, 7) is 9.71. The minimum atomic E-state index is 0.717. The van der Waals surface area contributed by atoms with E-state index in [1.807, 2.05) is 10.9 Å². The highest BCUT2D eigenvalue weighted by Crippen LogP contribution is 2.18. The summed E-state index contributed by atoms with van der Waals surface area (Å²) in [4.78, 5) is 0. The van der Waals surface area contributed by atoms with Crippen LogP contribution < -0.4 is 5.32 Å². The molecular weight excluding hydrogens is 290 g/mol. The highest BCUT2D eigenvalue weighted by atomic mass is 79.9. The first-order valence-corrected chi connectivity index (χ1v) is 7.53. The number of rotatable bonds is 8. The Labute approximate surface area is 119 Å². The summed E-state index contributed by atoms with van der Waals surface area (Å²) in [6, 6.07) is 0. The molecule has 0 radical (unpaired) electrons. The van der Waals surface area contributed by atoms with E-state index in [2.05, 4.69) is 59.3 Å². The zero-order chi connectivity index (χ0) is 13.4. The van der Waals surface area contributed by atoms with Gasteiger partial charge in [-0.25, -0.2) is 0 Å². The molecule has 1 aromatic heterocycles. The molecule has 1 N–H and O–H groups in total. The fraction of sp³-hybridized carbons (Fsp3) is 0.643. The fourth-order valence-electron chi connectivity index (χ4n) is 1.70. The molecule has 0 saturated carbocycles. The molecule has 0 fully saturated rings. The van der Waals surface area contributed by atoms with Crippen LogP contribution in [0.25, 0.3) is 6.08 Å². The van der Waals surface area contributed by atoms with Crippen LogP contribution in [0.15, 0.2) is 16.7 Å². The summed E-state index contributed by atoms with van der Waals surface area (Å²) in [5, 5.41) is 7.78. The van der Waals surface area contributed by atoms with Crippen LogP contribution in [0.1, 0.15) is 39.3 Å². The molecule has 0 spiro atoms. The molecule has 1 heterocycles. The molecule has 0 unspecified atom stereocenters. The summed E-state index contributed by atoms with van der Waals surface area (Å²) in [5.74, 6) is 0.717. The van der Waals surface area contributed by atoms with Crippen LogP contribution in [-0.2, 0) is 6.54 Å². The zero-order valence-electron chi connectivity index (χ0n) is 11.6. The normalized spacial score (nSPS) is 11.8. The van der Waals surface area contributed by atoms with Gasteiger partial charge in [0.25, 0.3) is 0 Å². The standard InChI is InChI=1S/C14H24BrN3/c1-4-9-18-14(13(15)11-17-18)7-5-6-8-16-10-12(2)3/h5,7,11-12,16H,4,6,8-10H2,1-3H3/b7-5+. The second-order valence-electron chi connectivity index (χ2n) is 4.89. The van der Waals surface area contributed by atoms with Crippen molar-refractivity contribution in [2.75, 3.05) is 13.1 Å². The van der Waals surface area contributed by atoms with Gasteiger partial charge < -0.3 is 5.32 Å². The fourth-order valence-corrected chi connectivity index (χ4v) is 2.13. The van der Waals surface area contributed by atoms with Gasteiger partial charge in [0.2, 0.25) is 0 Å². The topological polar surface area (TPSA) is 29.9 Å². The highest BCUT2D eigenvalue weighted by Gasteiger charge is 2.03. The van der Waals surface area contributed by atoms with Crippen molar-refractivity contribution >= 4 is 22.0 Å². The van der Waals surface area contributed by atoms with E-state index in [1.54, 1.807) is 0 Å². The van der Waals surface area contributed by atoms with Crippen molar-refractivity contribution in [1.29, 1.82) is 0 Å². The van der Waals surface area contributed by atoms with Gasteiger partial charge >= 0.3 is 0 Å². The van der Waals surface area contributed by atoms with Crippen molar-refractivity contribution in [3.8, 4) is 0 Å². The molecule has 102 valence electrons. The van der Waals surface area contributed by atoms with Gasteiger partial charge in [-0.2, -0.15) is 5.10 Å². The molecule has 0 aliphatic heterocycles. The van der Waals surface area contributed by atoms with E-state index in [9.17, 15) is 0 Å². The minimum Gasteiger partial charge on any atom is -0.316 e. The van der Waals surface area contributed by atoms with E-state index < -0.39 is 0 Å². The molecule has 0 aromatic carbocycles. The van der Waals surface area contributed by atoms with E-state index in [4.69, 9.17) is 0 Å². The van der Waals surface area contributed by atoms with E-state index in [-0.39, 0.29) is 0 Å². The molecule has 0 atom stereocenters.